The zero-order chi connectivity index (χ0) is 20.6. The van der Waals surface area contributed by atoms with Gasteiger partial charge in [-0.05, 0) is 48.6 Å². The van der Waals surface area contributed by atoms with Crippen LogP contribution in [-0.4, -0.2) is 24.9 Å². The third kappa shape index (κ3) is 6.30. The number of furan rings is 1. The number of rotatable bonds is 9. The minimum absolute atomic E-state index is 0.0559. The molecule has 0 saturated heterocycles. The topological polar surface area (TPSA) is 75.8 Å². The SMILES string of the molecule is Cc1cccc(C)c1NC(=O)CNC(=O)C[NH+](Cc1ccco1)Cc1cccs1. The van der Waals surface area contributed by atoms with Crippen molar-refractivity contribution in [3.63, 3.8) is 0 Å². The molecule has 1 atom stereocenters. The fraction of sp³-hybridized carbons (Fsp3) is 0.273. The van der Waals surface area contributed by atoms with Crippen LogP contribution in [0.15, 0.2) is 58.5 Å². The lowest BCUT2D eigenvalue weighted by atomic mass is 10.1. The molecule has 152 valence electrons. The molecule has 0 aliphatic carbocycles. The molecule has 3 aromatic rings. The van der Waals surface area contributed by atoms with E-state index in [-0.39, 0.29) is 24.9 Å². The molecule has 0 saturated carbocycles. The van der Waals surface area contributed by atoms with Crippen molar-refractivity contribution in [3.8, 4) is 0 Å². The Hall–Kier alpha value is -2.90. The quantitative estimate of drug-likeness (QED) is 0.505. The average molecular weight is 413 g/mol. The van der Waals surface area contributed by atoms with Crippen molar-refractivity contribution in [1.82, 2.24) is 5.32 Å². The van der Waals surface area contributed by atoms with Crippen LogP contribution in [0.2, 0.25) is 0 Å². The molecule has 0 radical (unpaired) electrons. The number of quaternary nitrogens is 1. The minimum atomic E-state index is -0.235. The van der Waals surface area contributed by atoms with E-state index in [0.717, 1.165) is 34.0 Å². The number of benzene rings is 1. The van der Waals surface area contributed by atoms with E-state index in [0.29, 0.717) is 6.54 Å². The summed E-state index contributed by atoms with van der Waals surface area (Å²) in [4.78, 5) is 27.0. The summed E-state index contributed by atoms with van der Waals surface area (Å²) in [6, 6.07) is 13.7. The number of amides is 2. The van der Waals surface area contributed by atoms with Crippen molar-refractivity contribution in [2.45, 2.75) is 26.9 Å². The Bertz CT molecular complexity index is 880. The standard InChI is InChI=1S/C22H25N3O3S/c1-16-6-3-7-17(2)22(16)24-20(26)12-23-21(27)15-25(13-18-8-4-10-28-18)14-19-9-5-11-29-19/h3-11H,12-15H2,1-2H3,(H,23,27)(H,24,26)/p+1. The molecule has 1 aromatic carbocycles. The van der Waals surface area contributed by atoms with Crippen molar-refractivity contribution < 1.29 is 18.9 Å². The summed E-state index contributed by atoms with van der Waals surface area (Å²) in [5, 5.41) is 7.64. The Labute approximate surface area is 174 Å². The van der Waals surface area contributed by atoms with Gasteiger partial charge in [0.15, 0.2) is 12.3 Å². The van der Waals surface area contributed by atoms with E-state index in [9.17, 15) is 9.59 Å². The van der Waals surface area contributed by atoms with Gasteiger partial charge in [-0.3, -0.25) is 9.59 Å². The van der Waals surface area contributed by atoms with Gasteiger partial charge in [-0.15, -0.1) is 11.3 Å². The summed E-state index contributed by atoms with van der Waals surface area (Å²) < 4.78 is 5.44. The molecule has 0 aliphatic heterocycles. The number of para-hydroxylation sites is 1. The van der Waals surface area contributed by atoms with E-state index in [1.165, 1.54) is 4.88 Å². The summed E-state index contributed by atoms with van der Waals surface area (Å²) in [7, 11) is 0. The van der Waals surface area contributed by atoms with Crippen LogP contribution < -0.4 is 15.5 Å². The number of carbonyl (C=O) groups is 2. The highest BCUT2D eigenvalue weighted by molar-refractivity contribution is 7.09. The van der Waals surface area contributed by atoms with Crippen LogP contribution in [0.4, 0.5) is 5.69 Å². The lowest BCUT2D eigenvalue weighted by Gasteiger charge is -2.17. The van der Waals surface area contributed by atoms with Crippen LogP contribution in [0, 0.1) is 13.8 Å². The van der Waals surface area contributed by atoms with Crippen molar-refractivity contribution in [2.75, 3.05) is 18.4 Å². The van der Waals surface area contributed by atoms with Gasteiger partial charge in [0.2, 0.25) is 5.91 Å². The first-order valence-electron chi connectivity index (χ1n) is 9.52. The summed E-state index contributed by atoms with van der Waals surface area (Å²) in [5.41, 5.74) is 2.79. The van der Waals surface area contributed by atoms with Gasteiger partial charge in [0.25, 0.3) is 5.91 Å². The molecule has 2 heterocycles. The minimum Gasteiger partial charge on any atom is -0.463 e. The fourth-order valence-corrected chi connectivity index (χ4v) is 3.95. The lowest BCUT2D eigenvalue weighted by molar-refractivity contribution is -0.920. The molecule has 29 heavy (non-hydrogen) atoms. The van der Waals surface area contributed by atoms with Gasteiger partial charge in [0.05, 0.1) is 17.7 Å². The second-order valence-corrected chi connectivity index (χ2v) is 8.06. The van der Waals surface area contributed by atoms with Crippen molar-refractivity contribution >= 4 is 28.8 Å². The number of nitrogens with one attached hydrogen (secondary N) is 3. The smallest absolute Gasteiger partial charge is 0.275 e. The van der Waals surface area contributed by atoms with E-state index in [2.05, 4.69) is 16.7 Å². The highest BCUT2D eigenvalue weighted by atomic mass is 32.1. The first-order valence-corrected chi connectivity index (χ1v) is 10.4. The van der Waals surface area contributed by atoms with Gasteiger partial charge in [-0.1, -0.05) is 24.3 Å². The molecule has 0 spiro atoms. The molecule has 6 nitrogen and oxygen atoms in total. The highest BCUT2D eigenvalue weighted by Gasteiger charge is 2.18. The number of aryl methyl sites for hydroxylation is 2. The van der Waals surface area contributed by atoms with Crippen LogP contribution >= 0.6 is 11.3 Å². The molecule has 0 bridgehead atoms. The molecule has 0 fully saturated rings. The van der Waals surface area contributed by atoms with Gasteiger partial charge >= 0.3 is 0 Å². The first-order chi connectivity index (χ1) is 14.0. The maximum atomic E-state index is 12.5. The molecule has 0 aliphatic rings. The summed E-state index contributed by atoms with van der Waals surface area (Å²) in [6.07, 6.45) is 1.63. The molecule has 3 N–H and O–H groups in total. The van der Waals surface area contributed by atoms with E-state index < -0.39 is 0 Å². The summed E-state index contributed by atoms with van der Waals surface area (Å²) in [5.74, 6) is 0.429. The number of anilines is 1. The normalized spacial score (nSPS) is 11.8. The predicted molar refractivity (Wildman–Crippen MR) is 114 cm³/mol. The second kappa shape index (κ2) is 10.0. The fourth-order valence-electron chi connectivity index (χ4n) is 3.17. The largest absolute Gasteiger partial charge is 0.463 e. The van der Waals surface area contributed by atoms with E-state index in [1.54, 1.807) is 17.6 Å². The molecule has 7 heteroatoms. The number of hydrogen-bond donors (Lipinski definition) is 3. The Morgan fingerprint density at radius 1 is 1.00 bits per heavy atom. The van der Waals surface area contributed by atoms with E-state index in [1.807, 2.05) is 55.6 Å². The second-order valence-electron chi connectivity index (χ2n) is 7.03. The molecule has 2 amide bonds. The van der Waals surface area contributed by atoms with Crippen LogP contribution in [0.1, 0.15) is 21.8 Å². The van der Waals surface area contributed by atoms with Crippen LogP contribution in [-0.2, 0) is 22.7 Å². The van der Waals surface area contributed by atoms with Gasteiger partial charge < -0.3 is 20.0 Å². The molecule has 3 rings (SSSR count). The number of hydrogen-bond acceptors (Lipinski definition) is 4. The third-order valence-corrected chi connectivity index (χ3v) is 5.49. The number of thiophene rings is 1. The van der Waals surface area contributed by atoms with E-state index in [4.69, 9.17) is 4.42 Å². The number of carbonyl (C=O) groups excluding carboxylic acids is 2. The Morgan fingerprint density at radius 2 is 1.79 bits per heavy atom. The van der Waals surface area contributed by atoms with Gasteiger partial charge in [-0.2, -0.15) is 0 Å². The first kappa shape index (κ1) is 20.8. The van der Waals surface area contributed by atoms with Gasteiger partial charge in [0.1, 0.15) is 13.1 Å². The predicted octanol–water partition coefficient (Wildman–Crippen LogP) is 2.30. The Balaban J connectivity index is 1.53. The zero-order valence-electron chi connectivity index (χ0n) is 16.7. The maximum Gasteiger partial charge on any atom is 0.275 e. The Morgan fingerprint density at radius 3 is 2.45 bits per heavy atom. The van der Waals surface area contributed by atoms with Gasteiger partial charge in [0, 0.05) is 5.69 Å². The third-order valence-electron chi connectivity index (χ3n) is 4.61. The molecule has 2 aromatic heterocycles. The molecular weight excluding hydrogens is 386 g/mol. The molecule has 1 unspecified atom stereocenters. The van der Waals surface area contributed by atoms with Crippen LogP contribution in [0.25, 0.3) is 0 Å². The maximum absolute atomic E-state index is 12.5. The summed E-state index contributed by atoms with van der Waals surface area (Å²) in [6.45, 7) is 5.42. The molecular formula is C22H26N3O3S+. The zero-order valence-corrected chi connectivity index (χ0v) is 17.5. The monoisotopic (exact) mass is 412 g/mol. The van der Waals surface area contributed by atoms with Gasteiger partial charge in [-0.25, -0.2) is 0 Å². The van der Waals surface area contributed by atoms with Crippen molar-refractivity contribution in [1.29, 1.82) is 0 Å². The lowest BCUT2D eigenvalue weighted by Crippen LogP contribution is -3.10. The van der Waals surface area contributed by atoms with Crippen LogP contribution in [0.3, 0.4) is 0 Å². The van der Waals surface area contributed by atoms with Crippen LogP contribution in [0.5, 0.6) is 0 Å². The van der Waals surface area contributed by atoms with Crippen molar-refractivity contribution in [3.05, 3.63) is 75.9 Å². The van der Waals surface area contributed by atoms with E-state index >= 15 is 0 Å². The highest BCUT2D eigenvalue weighted by Crippen LogP contribution is 2.18. The summed E-state index contributed by atoms with van der Waals surface area (Å²) >= 11 is 1.67. The average Bonchev–Trinajstić information content (AvgIpc) is 3.37. The van der Waals surface area contributed by atoms with Crippen molar-refractivity contribution in [2.24, 2.45) is 0 Å². The Kier molecular flexibility index (Phi) is 7.21.